The van der Waals surface area contributed by atoms with Crippen molar-refractivity contribution in [2.45, 2.75) is 6.92 Å². The molecule has 0 amide bonds. The first-order valence-corrected chi connectivity index (χ1v) is 14.2. The Morgan fingerprint density at radius 1 is 0.675 bits per heavy atom. The third-order valence-electron chi connectivity index (χ3n) is 7.38. The van der Waals surface area contributed by atoms with Gasteiger partial charge in [-0.05, 0) is 72.5 Å². The Kier molecular flexibility index (Phi) is 6.03. The molecule has 7 aromatic rings. The molecular formula is C36H27N3S. The van der Waals surface area contributed by atoms with E-state index in [0.29, 0.717) is 0 Å². The summed E-state index contributed by atoms with van der Waals surface area (Å²) in [5, 5.41) is 4.66. The van der Waals surface area contributed by atoms with Crippen molar-refractivity contribution < 1.29 is 0 Å². The average molecular weight is 534 g/mol. The Morgan fingerprint density at radius 2 is 1.23 bits per heavy atom. The minimum Gasteiger partial charge on any atom is -0.310 e. The molecule has 0 N–H and O–H groups in total. The van der Waals surface area contributed by atoms with E-state index in [1.54, 1.807) is 11.3 Å². The fourth-order valence-corrected chi connectivity index (χ4v) is 6.52. The first-order valence-electron chi connectivity index (χ1n) is 13.3. The molecule has 0 fully saturated rings. The minimum absolute atomic E-state index is 0.842. The van der Waals surface area contributed by atoms with Crippen molar-refractivity contribution in [1.82, 2.24) is 4.57 Å². The predicted octanol–water partition coefficient (Wildman–Crippen LogP) is 10.7. The van der Waals surface area contributed by atoms with Gasteiger partial charge in [0.25, 0.3) is 0 Å². The maximum absolute atomic E-state index is 4.96. The first-order chi connectivity index (χ1) is 19.7. The van der Waals surface area contributed by atoms with Gasteiger partial charge in [0, 0.05) is 32.5 Å². The summed E-state index contributed by atoms with van der Waals surface area (Å²) < 4.78 is 3.42. The smallest absolute Gasteiger partial charge is 0.120 e. The summed E-state index contributed by atoms with van der Waals surface area (Å²) in [6.45, 7) is 6.57. The number of anilines is 3. The van der Waals surface area contributed by atoms with Crippen LogP contribution < -0.4 is 4.90 Å². The highest BCUT2D eigenvalue weighted by molar-refractivity contribution is 7.22. The number of para-hydroxylation sites is 4. The van der Waals surface area contributed by atoms with E-state index in [1.165, 1.54) is 26.4 Å². The van der Waals surface area contributed by atoms with Gasteiger partial charge in [0.15, 0.2) is 0 Å². The molecule has 2 heterocycles. The lowest BCUT2D eigenvalue weighted by Crippen LogP contribution is -2.09. The highest BCUT2D eigenvalue weighted by Crippen LogP contribution is 2.42. The maximum Gasteiger partial charge on any atom is 0.120 e. The zero-order valence-electron chi connectivity index (χ0n) is 22.2. The molecule has 7 rings (SSSR count). The number of thiophene rings is 1. The Morgan fingerprint density at radius 3 is 1.82 bits per heavy atom. The summed E-state index contributed by atoms with van der Waals surface area (Å²) >= 11 is 1.72. The van der Waals surface area contributed by atoms with Gasteiger partial charge in [0.1, 0.15) is 5.00 Å². The van der Waals surface area contributed by atoms with Gasteiger partial charge in [-0.2, -0.15) is 0 Å². The SMILES string of the molecule is C=C(/C=N\c1sc2ccc(N(c3ccccc3)c3ccccc3)cc2c1C)n1c2ccccc2c2ccccc21. The van der Waals surface area contributed by atoms with Crippen LogP contribution in [-0.4, -0.2) is 10.8 Å². The first kappa shape index (κ1) is 24.1. The van der Waals surface area contributed by atoms with Crippen LogP contribution in [0.3, 0.4) is 0 Å². The second kappa shape index (κ2) is 9.99. The van der Waals surface area contributed by atoms with E-state index in [4.69, 9.17) is 4.99 Å². The monoisotopic (exact) mass is 533 g/mol. The summed E-state index contributed by atoms with van der Waals surface area (Å²) in [5.41, 5.74) is 7.67. The van der Waals surface area contributed by atoms with E-state index < -0.39 is 0 Å². The molecule has 0 radical (unpaired) electrons. The van der Waals surface area contributed by atoms with E-state index in [0.717, 1.165) is 38.8 Å². The fraction of sp³-hybridized carbons (Fsp3) is 0.0278. The quantitative estimate of drug-likeness (QED) is 0.195. The van der Waals surface area contributed by atoms with Crippen molar-refractivity contribution in [3.8, 4) is 0 Å². The van der Waals surface area contributed by atoms with Crippen LogP contribution in [0.15, 0.2) is 139 Å². The molecule has 0 spiro atoms. The Labute approximate surface area is 237 Å². The van der Waals surface area contributed by atoms with Crippen LogP contribution in [0.1, 0.15) is 5.56 Å². The number of fused-ring (bicyclic) bond motifs is 4. The molecule has 0 atom stereocenters. The lowest BCUT2D eigenvalue weighted by atomic mass is 10.1. The minimum atomic E-state index is 0.842. The molecule has 0 aliphatic carbocycles. The van der Waals surface area contributed by atoms with Crippen LogP contribution in [0.25, 0.3) is 37.6 Å². The predicted molar refractivity (Wildman–Crippen MR) is 174 cm³/mol. The van der Waals surface area contributed by atoms with Crippen molar-refractivity contribution in [2.24, 2.45) is 4.99 Å². The van der Waals surface area contributed by atoms with Crippen molar-refractivity contribution in [3.05, 3.63) is 140 Å². The topological polar surface area (TPSA) is 20.5 Å². The van der Waals surface area contributed by atoms with Gasteiger partial charge in [-0.1, -0.05) is 79.4 Å². The van der Waals surface area contributed by atoms with Crippen LogP contribution in [0.5, 0.6) is 0 Å². The van der Waals surface area contributed by atoms with Crippen molar-refractivity contribution in [2.75, 3.05) is 4.90 Å². The van der Waals surface area contributed by atoms with Crippen LogP contribution in [0.2, 0.25) is 0 Å². The third-order valence-corrected chi connectivity index (χ3v) is 8.56. The lowest BCUT2D eigenvalue weighted by molar-refractivity contribution is 1.26. The average Bonchev–Trinajstić information content (AvgIpc) is 3.51. The number of hydrogen-bond acceptors (Lipinski definition) is 3. The number of aromatic nitrogens is 1. The number of rotatable bonds is 6. The summed E-state index contributed by atoms with van der Waals surface area (Å²) in [4.78, 5) is 7.26. The number of aryl methyl sites for hydroxylation is 1. The molecule has 0 saturated heterocycles. The molecule has 5 aromatic carbocycles. The van der Waals surface area contributed by atoms with Gasteiger partial charge in [-0.3, -0.25) is 0 Å². The molecule has 2 aromatic heterocycles. The standard InChI is InChI=1S/C36H27N3S/c1-25(38-33-19-11-9-17-30(33)31-18-10-12-20-34(31)38)24-37-36-26(2)32-23-29(21-22-35(32)40-36)39(27-13-5-3-6-14-27)28-15-7-4-8-16-28/h3-24H,1H2,2H3/b37-24-. The van der Waals surface area contributed by atoms with Gasteiger partial charge >= 0.3 is 0 Å². The summed E-state index contributed by atoms with van der Waals surface area (Å²) in [5.74, 6) is 0. The molecule has 192 valence electrons. The number of allylic oxidation sites excluding steroid dienone is 1. The summed E-state index contributed by atoms with van der Waals surface area (Å²) in [7, 11) is 0. The van der Waals surface area contributed by atoms with E-state index in [9.17, 15) is 0 Å². The van der Waals surface area contributed by atoms with Crippen LogP contribution in [-0.2, 0) is 0 Å². The maximum atomic E-state index is 4.96. The molecular weight excluding hydrogens is 506 g/mol. The third kappa shape index (κ3) is 4.10. The van der Waals surface area contributed by atoms with Crippen molar-refractivity contribution >= 4 is 77.2 Å². The van der Waals surface area contributed by atoms with Crippen molar-refractivity contribution in [3.63, 3.8) is 0 Å². The van der Waals surface area contributed by atoms with E-state index in [1.807, 2.05) is 6.21 Å². The van der Waals surface area contributed by atoms with Crippen LogP contribution in [0, 0.1) is 6.92 Å². The fourth-order valence-electron chi connectivity index (χ4n) is 5.48. The van der Waals surface area contributed by atoms with Crippen LogP contribution in [0.4, 0.5) is 22.1 Å². The molecule has 4 heteroatoms. The van der Waals surface area contributed by atoms with Gasteiger partial charge in [-0.25, -0.2) is 4.99 Å². The number of nitrogens with zero attached hydrogens (tertiary/aromatic N) is 3. The molecule has 0 aliphatic rings. The van der Waals surface area contributed by atoms with Gasteiger partial charge < -0.3 is 9.47 Å². The van der Waals surface area contributed by atoms with Crippen molar-refractivity contribution in [1.29, 1.82) is 0 Å². The van der Waals surface area contributed by atoms with E-state index in [2.05, 4.69) is 150 Å². The molecule has 0 saturated carbocycles. The van der Waals surface area contributed by atoms with E-state index >= 15 is 0 Å². The van der Waals surface area contributed by atoms with Gasteiger partial charge in [0.2, 0.25) is 0 Å². The van der Waals surface area contributed by atoms with Gasteiger partial charge in [-0.15, -0.1) is 11.3 Å². The Balaban J connectivity index is 1.28. The second-order valence-electron chi connectivity index (χ2n) is 9.84. The molecule has 0 bridgehead atoms. The molecule has 0 unspecified atom stereocenters. The summed E-state index contributed by atoms with van der Waals surface area (Å²) in [6, 6.07) is 44.6. The number of hydrogen-bond donors (Lipinski definition) is 0. The summed E-state index contributed by atoms with van der Waals surface area (Å²) in [6.07, 6.45) is 1.90. The number of benzene rings is 5. The highest BCUT2D eigenvalue weighted by Gasteiger charge is 2.16. The Hall–Kier alpha value is -4.93. The molecule has 0 aliphatic heterocycles. The molecule has 40 heavy (non-hydrogen) atoms. The number of aliphatic imine (C=N–C) groups is 1. The normalized spacial score (nSPS) is 11.6. The lowest BCUT2D eigenvalue weighted by Gasteiger charge is -2.25. The zero-order valence-corrected chi connectivity index (χ0v) is 23.0. The van der Waals surface area contributed by atoms with Gasteiger partial charge in [0.05, 0.1) is 22.9 Å². The van der Waals surface area contributed by atoms with E-state index in [-0.39, 0.29) is 0 Å². The zero-order chi connectivity index (χ0) is 27.1. The highest BCUT2D eigenvalue weighted by atomic mass is 32.1. The Bertz CT molecular complexity index is 1940. The largest absolute Gasteiger partial charge is 0.310 e. The second-order valence-corrected chi connectivity index (χ2v) is 10.9. The van der Waals surface area contributed by atoms with Crippen LogP contribution >= 0.6 is 11.3 Å². The molecule has 3 nitrogen and oxygen atoms in total.